The van der Waals surface area contributed by atoms with Gasteiger partial charge in [0.1, 0.15) is 0 Å². The molecular weight excluding hydrogens is 356 g/mol. The molecule has 1 saturated carbocycles. The molecule has 2 aromatic rings. The number of rotatable bonds is 3. The van der Waals surface area contributed by atoms with Crippen LogP contribution >= 0.6 is 22.9 Å². The van der Waals surface area contributed by atoms with Crippen LogP contribution in [0.3, 0.4) is 0 Å². The number of nitrogens with zero attached hydrogens (tertiary/aromatic N) is 2. The minimum absolute atomic E-state index is 0.0550. The van der Waals surface area contributed by atoms with Crippen molar-refractivity contribution in [3.05, 3.63) is 57.2 Å². The molecule has 2 heterocycles. The molecule has 4 nitrogen and oxygen atoms in total. The number of benzene rings is 1. The number of amides is 2. The minimum atomic E-state index is -0.0550. The first kappa shape index (κ1) is 16.6. The molecule has 1 aliphatic carbocycles. The number of hydrogen-bond donors (Lipinski definition) is 0. The second-order valence-electron chi connectivity index (χ2n) is 6.56. The van der Waals surface area contributed by atoms with Gasteiger partial charge in [-0.25, -0.2) is 0 Å². The third-order valence-electron chi connectivity index (χ3n) is 5.00. The fraction of sp³-hybridized carbons (Fsp3) is 0.368. The van der Waals surface area contributed by atoms with Gasteiger partial charge in [-0.2, -0.15) is 0 Å². The van der Waals surface area contributed by atoms with E-state index in [1.54, 1.807) is 28.4 Å². The average molecular weight is 375 g/mol. The Bertz CT molecular complexity index is 784. The Morgan fingerprint density at radius 1 is 1.00 bits per heavy atom. The van der Waals surface area contributed by atoms with E-state index in [1.807, 2.05) is 23.1 Å². The van der Waals surface area contributed by atoms with Crippen LogP contribution in [0.5, 0.6) is 0 Å². The highest BCUT2D eigenvalue weighted by atomic mass is 35.5. The van der Waals surface area contributed by atoms with Crippen LogP contribution in [-0.2, 0) is 4.79 Å². The topological polar surface area (TPSA) is 40.6 Å². The lowest BCUT2D eigenvalue weighted by Crippen LogP contribution is -2.51. The third-order valence-corrected chi connectivity index (χ3v) is 6.33. The van der Waals surface area contributed by atoms with Crippen molar-refractivity contribution in [2.75, 3.05) is 26.2 Å². The van der Waals surface area contributed by atoms with Crippen LogP contribution in [0.4, 0.5) is 0 Å². The summed E-state index contributed by atoms with van der Waals surface area (Å²) >= 11 is 7.85. The van der Waals surface area contributed by atoms with E-state index >= 15 is 0 Å². The highest BCUT2D eigenvalue weighted by molar-refractivity contribution is 7.10. The van der Waals surface area contributed by atoms with Crippen molar-refractivity contribution in [1.82, 2.24) is 9.80 Å². The molecule has 2 fully saturated rings. The monoisotopic (exact) mass is 374 g/mol. The van der Waals surface area contributed by atoms with Gasteiger partial charge in [-0.15, -0.1) is 11.3 Å². The Kier molecular flexibility index (Phi) is 4.52. The van der Waals surface area contributed by atoms with Gasteiger partial charge >= 0.3 is 0 Å². The molecule has 0 N–H and O–H groups in total. The lowest BCUT2D eigenvalue weighted by atomic mass is 10.1. The molecule has 1 saturated heterocycles. The molecule has 2 atom stereocenters. The normalized spacial score (nSPS) is 22.8. The van der Waals surface area contributed by atoms with Gasteiger partial charge < -0.3 is 9.80 Å². The van der Waals surface area contributed by atoms with Crippen molar-refractivity contribution in [2.24, 2.45) is 5.92 Å². The summed E-state index contributed by atoms with van der Waals surface area (Å²) in [5.74, 6) is 0.712. The molecule has 6 heteroatoms. The van der Waals surface area contributed by atoms with Gasteiger partial charge in [-0.3, -0.25) is 9.59 Å². The maximum absolute atomic E-state index is 12.7. The molecule has 1 unspecified atom stereocenters. The zero-order valence-corrected chi connectivity index (χ0v) is 15.3. The predicted octanol–water partition coefficient (Wildman–Crippen LogP) is 3.49. The fourth-order valence-electron chi connectivity index (χ4n) is 3.45. The number of halogens is 1. The standard InChI is InChI=1S/C19H19ClN2O2S/c20-16-5-2-1-4-13(16)18(23)21-7-9-22(10-8-21)19(24)15-12-14(15)17-6-3-11-25-17/h1-6,11,14-15H,7-10,12H2/t14?,15-/m1/s1. The van der Waals surface area contributed by atoms with Gasteiger partial charge in [0.15, 0.2) is 0 Å². The van der Waals surface area contributed by atoms with E-state index in [-0.39, 0.29) is 17.7 Å². The van der Waals surface area contributed by atoms with Crippen molar-refractivity contribution in [3.63, 3.8) is 0 Å². The van der Waals surface area contributed by atoms with Crippen LogP contribution < -0.4 is 0 Å². The molecule has 25 heavy (non-hydrogen) atoms. The van der Waals surface area contributed by atoms with E-state index in [0.717, 1.165) is 6.42 Å². The van der Waals surface area contributed by atoms with E-state index in [0.29, 0.717) is 42.7 Å². The Morgan fingerprint density at radius 3 is 2.40 bits per heavy atom. The summed E-state index contributed by atoms with van der Waals surface area (Å²) in [7, 11) is 0. The number of piperazine rings is 1. The maximum atomic E-state index is 12.7. The van der Waals surface area contributed by atoms with Crippen molar-refractivity contribution < 1.29 is 9.59 Å². The molecule has 0 bridgehead atoms. The minimum Gasteiger partial charge on any atom is -0.339 e. The van der Waals surface area contributed by atoms with Crippen molar-refractivity contribution in [2.45, 2.75) is 12.3 Å². The SMILES string of the molecule is O=C(c1ccccc1Cl)N1CCN(C(=O)[C@@H]2CC2c2cccs2)CC1. The largest absolute Gasteiger partial charge is 0.339 e. The van der Waals surface area contributed by atoms with E-state index < -0.39 is 0 Å². The summed E-state index contributed by atoms with van der Waals surface area (Å²) in [6, 6.07) is 11.3. The molecule has 2 amide bonds. The molecule has 1 aromatic carbocycles. The van der Waals surface area contributed by atoms with E-state index in [4.69, 9.17) is 11.6 Å². The third kappa shape index (κ3) is 3.31. The first-order chi connectivity index (χ1) is 12.1. The lowest BCUT2D eigenvalue weighted by molar-refractivity contribution is -0.134. The number of carbonyl (C=O) groups is 2. The van der Waals surface area contributed by atoms with Gasteiger partial charge in [0, 0.05) is 42.9 Å². The number of carbonyl (C=O) groups excluding carboxylic acids is 2. The molecular formula is C19H19ClN2O2S. The highest BCUT2D eigenvalue weighted by Gasteiger charge is 2.46. The molecule has 1 aliphatic heterocycles. The summed E-state index contributed by atoms with van der Waals surface area (Å²) in [5, 5.41) is 2.54. The smallest absolute Gasteiger partial charge is 0.255 e. The molecule has 0 radical (unpaired) electrons. The molecule has 2 aliphatic rings. The molecule has 4 rings (SSSR count). The summed E-state index contributed by atoms with van der Waals surface area (Å²) in [5.41, 5.74) is 0.531. The second kappa shape index (κ2) is 6.81. The second-order valence-corrected chi connectivity index (χ2v) is 7.95. The Labute approximate surface area is 156 Å². The van der Waals surface area contributed by atoms with Crippen LogP contribution in [0.25, 0.3) is 0 Å². The lowest BCUT2D eigenvalue weighted by Gasteiger charge is -2.35. The van der Waals surface area contributed by atoms with Gasteiger partial charge in [0.05, 0.1) is 10.6 Å². The van der Waals surface area contributed by atoms with Gasteiger partial charge in [0.25, 0.3) is 5.91 Å². The van der Waals surface area contributed by atoms with Crippen molar-refractivity contribution in [3.8, 4) is 0 Å². The summed E-state index contributed by atoms with van der Waals surface area (Å²) < 4.78 is 0. The fourth-order valence-corrected chi connectivity index (χ4v) is 4.58. The number of hydrogen-bond acceptors (Lipinski definition) is 3. The van der Waals surface area contributed by atoms with Gasteiger partial charge in [-0.1, -0.05) is 29.8 Å². The van der Waals surface area contributed by atoms with Crippen LogP contribution in [-0.4, -0.2) is 47.8 Å². The Balaban J connectivity index is 1.34. The van der Waals surface area contributed by atoms with Crippen LogP contribution in [0.1, 0.15) is 27.6 Å². The summed E-state index contributed by atoms with van der Waals surface area (Å²) in [6.07, 6.45) is 0.956. The molecule has 1 aromatic heterocycles. The van der Waals surface area contributed by atoms with Gasteiger partial charge in [-0.05, 0) is 30.0 Å². The van der Waals surface area contributed by atoms with Crippen LogP contribution in [0.2, 0.25) is 5.02 Å². The van der Waals surface area contributed by atoms with Gasteiger partial charge in [0.2, 0.25) is 5.91 Å². The maximum Gasteiger partial charge on any atom is 0.255 e. The van der Waals surface area contributed by atoms with E-state index in [2.05, 4.69) is 11.4 Å². The van der Waals surface area contributed by atoms with Crippen LogP contribution in [0.15, 0.2) is 41.8 Å². The summed E-state index contributed by atoms with van der Waals surface area (Å²) in [4.78, 5) is 30.3. The number of thiophene rings is 1. The first-order valence-electron chi connectivity index (χ1n) is 8.51. The summed E-state index contributed by atoms with van der Waals surface area (Å²) in [6.45, 7) is 2.32. The first-order valence-corrected chi connectivity index (χ1v) is 9.77. The van der Waals surface area contributed by atoms with E-state index in [1.165, 1.54) is 4.88 Å². The zero-order valence-electron chi connectivity index (χ0n) is 13.7. The Morgan fingerprint density at radius 2 is 1.72 bits per heavy atom. The zero-order chi connectivity index (χ0) is 17.4. The van der Waals surface area contributed by atoms with Crippen molar-refractivity contribution >= 4 is 34.8 Å². The highest BCUT2D eigenvalue weighted by Crippen LogP contribution is 2.50. The molecule has 0 spiro atoms. The Hall–Kier alpha value is -1.85. The predicted molar refractivity (Wildman–Crippen MR) is 99.1 cm³/mol. The van der Waals surface area contributed by atoms with Crippen molar-refractivity contribution in [1.29, 1.82) is 0 Å². The van der Waals surface area contributed by atoms with Crippen LogP contribution in [0, 0.1) is 5.92 Å². The average Bonchev–Trinajstić information content (AvgIpc) is 3.25. The quantitative estimate of drug-likeness (QED) is 0.825. The molecule has 130 valence electrons. The van der Waals surface area contributed by atoms with E-state index in [9.17, 15) is 9.59 Å².